The van der Waals surface area contributed by atoms with Gasteiger partial charge in [0.2, 0.25) is 0 Å². The van der Waals surface area contributed by atoms with E-state index in [0.29, 0.717) is 11.5 Å². The van der Waals surface area contributed by atoms with Crippen molar-refractivity contribution in [3.05, 3.63) is 0 Å². The summed E-state index contributed by atoms with van der Waals surface area (Å²) in [5.41, 5.74) is 0.435. The van der Waals surface area contributed by atoms with Gasteiger partial charge in [-0.05, 0) is 44.9 Å². The molecule has 1 saturated carbocycles. The maximum absolute atomic E-state index is 5.74. The van der Waals surface area contributed by atoms with E-state index in [0.717, 1.165) is 51.6 Å². The smallest absolute Gasteiger partial charge is 0.193 e. The molecule has 4 heteroatoms. The lowest BCUT2D eigenvalue weighted by atomic mass is 9.89. The molecule has 0 amide bonds. The molecule has 1 saturated heterocycles. The molecular formula is C17H33N3O. The topological polar surface area (TPSA) is 36.9 Å². The Hall–Kier alpha value is -0.770. The van der Waals surface area contributed by atoms with Gasteiger partial charge < -0.3 is 15.0 Å². The molecule has 122 valence electrons. The molecule has 1 aliphatic heterocycles. The number of likely N-dealkylation sites (tertiary alicyclic amines) is 1. The molecule has 0 radical (unpaired) electrons. The molecule has 2 rings (SSSR count). The average Bonchev–Trinajstić information content (AvgIpc) is 2.92. The molecule has 0 spiro atoms. The van der Waals surface area contributed by atoms with Crippen LogP contribution >= 0.6 is 0 Å². The lowest BCUT2D eigenvalue weighted by Gasteiger charge is -2.34. The van der Waals surface area contributed by atoms with E-state index in [1.54, 1.807) is 0 Å². The van der Waals surface area contributed by atoms with E-state index in [9.17, 15) is 0 Å². The summed E-state index contributed by atoms with van der Waals surface area (Å²) in [6.45, 7) is 11.5. The molecule has 1 heterocycles. The number of nitrogens with zero attached hydrogens (tertiary/aromatic N) is 2. The lowest BCUT2D eigenvalue weighted by molar-refractivity contribution is 0.0263. The first-order valence-corrected chi connectivity index (χ1v) is 8.82. The van der Waals surface area contributed by atoms with E-state index in [4.69, 9.17) is 9.73 Å². The zero-order valence-electron chi connectivity index (χ0n) is 14.2. The maximum atomic E-state index is 5.74. The highest BCUT2D eigenvalue weighted by Gasteiger charge is 2.29. The van der Waals surface area contributed by atoms with Gasteiger partial charge in [0.25, 0.3) is 0 Å². The Labute approximate surface area is 130 Å². The van der Waals surface area contributed by atoms with Crippen LogP contribution in [0.25, 0.3) is 0 Å². The molecule has 1 N–H and O–H groups in total. The van der Waals surface area contributed by atoms with Crippen molar-refractivity contribution in [3.8, 4) is 0 Å². The second kappa shape index (κ2) is 8.02. The van der Waals surface area contributed by atoms with Gasteiger partial charge in [0.05, 0.1) is 6.10 Å². The number of ether oxygens (including phenoxy) is 1. The van der Waals surface area contributed by atoms with Crippen molar-refractivity contribution in [2.45, 2.75) is 65.4 Å². The number of rotatable bonds is 5. The monoisotopic (exact) mass is 295 g/mol. The molecule has 21 heavy (non-hydrogen) atoms. The van der Waals surface area contributed by atoms with Gasteiger partial charge in [0.1, 0.15) is 0 Å². The minimum Gasteiger partial charge on any atom is -0.378 e. The number of hydrogen-bond donors (Lipinski definition) is 1. The largest absolute Gasteiger partial charge is 0.378 e. The second-order valence-corrected chi connectivity index (χ2v) is 6.83. The van der Waals surface area contributed by atoms with Crippen molar-refractivity contribution in [1.29, 1.82) is 0 Å². The average molecular weight is 295 g/mol. The standard InChI is InChI=1S/C17H33N3O/c1-4-18-16(19-14-17(3)10-6-7-11-17)20-12-8-15(9-13-20)21-5-2/h15H,4-14H2,1-3H3,(H,18,19). The molecule has 4 nitrogen and oxygen atoms in total. The Bertz CT molecular complexity index is 329. The Morgan fingerprint density at radius 3 is 2.48 bits per heavy atom. The number of guanidine groups is 1. The van der Waals surface area contributed by atoms with Gasteiger partial charge in [0, 0.05) is 32.8 Å². The van der Waals surface area contributed by atoms with Gasteiger partial charge in [-0.1, -0.05) is 19.8 Å². The summed E-state index contributed by atoms with van der Waals surface area (Å²) >= 11 is 0. The first-order valence-electron chi connectivity index (χ1n) is 8.82. The highest BCUT2D eigenvalue weighted by Crippen LogP contribution is 2.37. The van der Waals surface area contributed by atoms with Crippen LogP contribution in [0, 0.1) is 5.41 Å². The Kier molecular flexibility index (Phi) is 6.34. The number of aliphatic imine (C=N–C) groups is 1. The van der Waals surface area contributed by atoms with Crippen LogP contribution in [-0.2, 0) is 4.74 Å². The molecule has 0 bridgehead atoms. The first-order chi connectivity index (χ1) is 10.2. The van der Waals surface area contributed by atoms with Gasteiger partial charge >= 0.3 is 0 Å². The Morgan fingerprint density at radius 2 is 1.90 bits per heavy atom. The van der Waals surface area contributed by atoms with E-state index >= 15 is 0 Å². The molecule has 2 fully saturated rings. The van der Waals surface area contributed by atoms with Crippen molar-refractivity contribution in [1.82, 2.24) is 10.2 Å². The molecule has 2 aliphatic rings. The number of nitrogens with one attached hydrogen (secondary N) is 1. The van der Waals surface area contributed by atoms with Crippen molar-refractivity contribution in [3.63, 3.8) is 0 Å². The van der Waals surface area contributed by atoms with Gasteiger partial charge in [-0.2, -0.15) is 0 Å². The van der Waals surface area contributed by atoms with E-state index in [-0.39, 0.29) is 0 Å². The minimum atomic E-state index is 0.435. The first kappa shape index (κ1) is 16.6. The van der Waals surface area contributed by atoms with Crippen molar-refractivity contribution in [2.75, 3.05) is 32.8 Å². The van der Waals surface area contributed by atoms with E-state index in [1.807, 2.05) is 0 Å². The van der Waals surface area contributed by atoms with Gasteiger partial charge in [-0.15, -0.1) is 0 Å². The number of piperidine rings is 1. The van der Waals surface area contributed by atoms with Crippen LogP contribution in [0.2, 0.25) is 0 Å². The fraction of sp³-hybridized carbons (Fsp3) is 0.941. The van der Waals surface area contributed by atoms with Crippen LogP contribution < -0.4 is 5.32 Å². The van der Waals surface area contributed by atoms with Crippen LogP contribution in [0.5, 0.6) is 0 Å². The summed E-state index contributed by atoms with van der Waals surface area (Å²) < 4.78 is 5.74. The lowest BCUT2D eigenvalue weighted by Crippen LogP contribution is -2.47. The third-order valence-electron chi connectivity index (χ3n) is 4.90. The summed E-state index contributed by atoms with van der Waals surface area (Å²) in [6, 6.07) is 0. The molecule has 0 unspecified atom stereocenters. The van der Waals surface area contributed by atoms with Crippen LogP contribution in [0.3, 0.4) is 0 Å². The van der Waals surface area contributed by atoms with Gasteiger partial charge in [-0.3, -0.25) is 4.99 Å². The predicted molar refractivity (Wildman–Crippen MR) is 88.8 cm³/mol. The van der Waals surface area contributed by atoms with Gasteiger partial charge in [-0.25, -0.2) is 0 Å². The van der Waals surface area contributed by atoms with Crippen LogP contribution in [0.4, 0.5) is 0 Å². The molecule has 0 aromatic heterocycles. The molecule has 0 aromatic carbocycles. The van der Waals surface area contributed by atoms with E-state index in [2.05, 4.69) is 31.0 Å². The summed E-state index contributed by atoms with van der Waals surface area (Å²) in [4.78, 5) is 7.37. The highest BCUT2D eigenvalue weighted by atomic mass is 16.5. The van der Waals surface area contributed by atoms with Crippen LogP contribution in [0.1, 0.15) is 59.3 Å². The fourth-order valence-electron chi connectivity index (χ4n) is 3.55. The zero-order valence-corrected chi connectivity index (χ0v) is 14.2. The summed E-state index contributed by atoms with van der Waals surface area (Å²) in [5, 5.41) is 3.48. The summed E-state index contributed by atoms with van der Waals surface area (Å²) in [6.07, 6.45) is 8.11. The van der Waals surface area contributed by atoms with Crippen LogP contribution in [0.15, 0.2) is 4.99 Å². The van der Waals surface area contributed by atoms with Crippen molar-refractivity contribution >= 4 is 5.96 Å². The normalized spacial score (nSPS) is 23.6. The Balaban J connectivity index is 1.89. The molecule has 0 aromatic rings. The van der Waals surface area contributed by atoms with E-state index < -0.39 is 0 Å². The summed E-state index contributed by atoms with van der Waals surface area (Å²) in [5.74, 6) is 1.11. The highest BCUT2D eigenvalue weighted by molar-refractivity contribution is 5.80. The zero-order chi connectivity index (χ0) is 15.1. The fourth-order valence-corrected chi connectivity index (χ4v) is 3.55. The Morgan fingerprint density at radius 1 is 1.24 bits per heavy atom. The quantitative estimate of drug-likeness (QED) is 0.626. The second-order valence-electron chi connectivity index (χ2n) is 6.83. The van der Waals surface area contributed by atoms with E-state index in [1.165, 1.54) is 25.7 Å². The summed E-state index contributed by atoms with van der Waals surface area (Å²) in [7, 11) is 0. The molecule has 0 atom stereocenters. The SMILES string of the molecule is CCNC(=NCC1(C)CCCC1)N1CCC(OCC)CC1. The molecular weight excluding hydrogens is 262 g/mol. The third kappa shape index (κ3) is 4.87. The molecule has 1 aliphatic carbocycles. The minimum absolute atomic E-state index is 0.435. The third-order valence-corrected chi connectivity index (χ3v) is 4.90. The maximum Gasteiger partial charge on any atom is 0.193 e. The van der Waals surface area contributed by atoms with Crippen molar-refractivity contribution < 1.29 is 4.74 Å². The number of hydrogen-bond acceptors (Lipinski definition) is 2. The van der Waals surface area contributed by atoms with Crippen LogP contribution in [-0.4, -0.2) is 49.7 Å². The van der Waals surface area contributed by atoms with Crippen molar-refractivity contribution in [2.24, 2.45) is 10.4 Å². The van der Waals surface area contributed by atoms with Gasteiger partial charge in [0.15, 0.2) is 5.96 Å². The predicted octanol–water partition coefficient (Wildman–Crippen LogP) is 3.03.